The molecule has 17 heavy (non-hydrogen) atoms. The first kappa shape index (κ1) is 11.3. The van der Waals surface area contributed by atoms with Gasteiger partial charge in [0.15, 0.2) is 5.76 Å². The van der Waals surface area contributed by atoms with Crippen molar-refractivity contribution in [3.05, 3.63) is 24.1 Å². The fourth-order valence-electron chi connectivity index (χ4n) is 1.49. The van der Waals surface area contributed by atoms with Crippen molar-refractivity contribution in [2.75, 3.05) is 6.61 Å². The van der Waals surface area contributed by atoms with Crippen molar-refractivity contribution in [2.24, 2.45) is 0 Å². The van der Waals surface area contributed by atoms with Gasteiger partial charge in [0.05, 0.1) is 6.26 Å². The summed E-state index contributed by atoms with van der Waals surface area (Å²) in [5.41, 5.74) is 0.161. The highest BCUT2D eigenvalue weighted by molar-refractivity contribution is 5.91. The summed E-state index contributed by atoms with van der Waals surface area (Å²) in [6.45, 7) is 0.382. The molecule has 7 nitrogen and oxygen atoms in total. The van der Waals surface area contributed by atoms with Crippen LogP contribution in [0.25, 0.3) is 11.5 Å². The zero-order chi connectivity index (χ0) is 12.3. The molecular formula is C10H11N3O4. The topological polar surface area (TPSA) is 101 Å². The molecule has 0 unspecified atom stereocenters. The van der Waals surface area contributed by atoms with E-state index in [1.165, 1.54) is 10.9 Å². The van der Waals surface area contributed by atoms with Crippen LogP contribution in [-0.2, 0) is 6.54 Å². The van der Waals surface area contributed by atoms with Crippen LogP contribution in [0.1, 0.15) is 16.9 Å². The van der Waals surface area contributed by atoms with Crippen molar-refractivity contribution in [2.45, 2.75) is 13.0 Å². The van der Waals surface area contributed by atoms with Crippen LogP contribution in [0, 0.1) is 0 Å². The van der Waals surface area contributed by atoms with Gasteiger partial charge in [0.2, 0.25) is 5.69 Å². The molecule has 0 radical (unpaired) electrons. The highest BCUT2D eigenvalue weighted by Gasteiger charge is 2.22. The van der Waals surface area contributed by atoms with Crippen LogP contribution in [0.15, 0.2) is 22.8 Å². The van der Waals surface area contributed by atoms with Crippen molar-refractivity contribution in [3.8, 4) is 11.5 Å². The van der Waals surface area contributed by atoms with Gasteiger partial charge >= 0.3 is 5.97 Å². The van der Waals surface area contributed by atoms with Gasteiger partial charge < -0.3 is 14.6 Å². The average molecular weight is 237 g/mol. The highest BCUT2D eigenvalue weighted by atomic mass is 16.4. The molecule has 0 atom stereocenters. The van der Waals surface area contributed by atoms with Crippen molar-refractivity contribution in [1.82, 2.24) is 15.0 Å². The number of carboxylic acids is 1. The maximum atomic E-state index is 11.0. The number of aromatic carboxylic acids is 1. The average Bonchev–Trinajstić information content (AvgIpc) is 2.94. The van der Waals surface area contributed by atoms with Crippen LogP contribution < -0.4 is 0 Å². The van der Waals surface area contributed by atoms with Crippen LogP contribution in [0.5, 0.6) is 0 Å². The standard InChI is InChI=1S/C10H11N3O4/c14-5-2-4-13-9(7-3-1-6-17-7)8(10(15)16)11-12-13/h1,3,6,14H,2,4-5H2,(H,15,16). The Morgan fingerprint density at radius 3 is 2.94 bits per heavy atom. The Hall–Kier alpha value is -2.15. The molecule has 2 aromatic heterocycles. The number of nitrogens with zero attached hydrogens (tertiary/aromatic N) is 3. The lowest BCUT2D eigenvalue weighted by Gasteiger charge is -2.03. The molecule has 0 aliphatic rings. The molecule has 0 aromatic carbocycles. The summed E-state index contributed by atoms with van der Waals surface area (Å²) in [6, 6.07) is 3.30. The van der Waals surface area contributed by atoms with Crippen molar-refractivity contribution >= 4 is 5.97 Å². The molecule has 2 rings (SSSR count). The molecular weight excluding hydrogens is 226 g/mol. The summed E-state index contributed by atoms with van der Waals surface area (Å²) in [7, 11) is 0. The number of aryl methyl sites for hydroxylation is 1. The van der Waals surface area contributed by atoms with E-state index in [0.717, 1.165) is 0 Å². The number of hydrogen-bond donors (Lipinski definition) is 2. The van der Waals surface area contributed by atoms with E-state index in [-0.39, 0.29) is 12.3 Å². The largest absolute Gasteiger partial charge is 0.476 e. The zero-order valence-corrected chi connectivity index (χ0v) is 8.91. The third-order valence-corrected chi connectivity index (χ3v) is 2.22. The van der Waals surface area contributed by atoms with E-state index >= 15 is 0 Å². The normalized spacial score (nSPS) is 10.6. The fraction of sp³-hybridized carbons (Fsp3) is 0.300. The van der Waals surface area contributed by atoms with Crippen LogP contribution in [0.2, 0.25) is 0 Å². The predicted molar refractivity (Wildman–Crippen MR) is 56.4 cm³/mol. The molecule has 7 heteroatoms. The maximum absolute atomic E-state index is 11.0. The first-order valence-corrected chi connectivity index (χ1v) is 5.05. The number of aliphatic hydroxyl groups excluding tert-OH is 1. The summed E-state index contributed by atoms with van der Waals surface area (Å²) in [6.07, 6.45) is 1.92. The van der Waals surface area contributed by atoms with Crippen LogP contribution in [-0.4, -0.2) is 37.8 Å². The van der Waals surface area contributed by atoms with Gasteiger partial charge in [-0.3, -0.25) is 0 Å². The molecule has 0 aliphatic carbocycles. The highest BCUT2D eigenvalue weighted by Crippen LogP contribution is 2.22. The molecule has 90 valence electrons. The summed E-state index contributed by atoms with van der Waals surface area (Å²) in [4.78, 5) is 11.0. The number of aromatic nitrogens is 3. The minimum Gasteiger partial charge on any atom is -0.476 e. The molecule has 0 saturated heterocycles. The van der Waals surface area contributed by atoms with Crippen LogP contribution in [0.3, 0.4) is 0 Å². The van der Waals surface area contributed by atoms with Gasteiger partial charge in [0.25, 0.3) is 0 Å². The molecule has 2 N–H and O–H groups in total. The molecule has 0 fully saturated rings. The number of furan rings is 1. The Morgan fingerprint density at radius 2 is 2.35 bits per heavy atom. The van der Waals surface area contributed by atoms with Gasteiger partial charge in [-0.05, 0) is 18.6 Å². The first-order valence-electron chi connectivity index (χ1n) is 5.05. The number of hydrogen-bond acceptors (Lipinski definition) is 5. The molecule has 2 heterocycles. The minimum atomic E-state index is -1.16. The Bertz CT molecular complexity index is 504. The first-order chi connectivity index (χ1) is 8.24. The van der Waals surface area contributed by atoms with Gasteiger partial charge in [-0.25, -0.2) is 9.48 Å². The summed E-state index contributed by atoms with van der Waals surface area (Å²) in [5, 5.41) is 25.1. The Balaban J connectivity index is 2.44. The number of aliphatic hydroxyl groups is 1. The molecule has 0 bridgehead atoms. The second-order valence-corrected chi connectivity index (χ2v) is 3.37. The van der Waals surface area contributed by atoms with Crippen molar-refractivity contribution in [1.29, 1.82) is 0 Å². The zero-order valence-electron chi connectivity index (χ0n) is 8.91. The fourth-order valence-corrected chi connectivity index (χ4v) is 1.49. The number of carbonyl (C=O) groups is 1. The third-order valence-electron chi connectivity index (χ3n) is 2.22. The van der Waals surface area contributed by atoms with Crippen LogP contribution >= 0.6 is 0 Å². The Labute approximate surface area is 96.3 Å². The van der Waals surface area contributed by atoms with Gasteiger partial charge in [0, 0.05) is 13.2 Å². The predicted octanol–water partition coefficient (Wildman–Crippen LogP) is 0.619. The van der Waals surface area contributed by atoms with Crippen molar-refractivity contribution in [3.63, 3.8) is 0 Å². The second kappa shape index (κ2) is 4.79. The van der Waals surface area contributed by atoms with Gasteiger partial charge in [-0.15, -0.1) is 5.10 Å². The van der Waals surface area contributed by atoms with Gasteiger partial charge in [-0.1, -0.05) is 5.21 Å². The van der Waals surface area contributed by atoms with E-state index in [9.17, 15) is 4.79 Å². The molecule has 0 aliphatic heterocycles. The van der Waals surface area contributed by atoms with E-state index in [4.69, 9.17) is 14.6 Å². The monoisotopic (exact) mass is 237 g/mol. The second-order valence-electron chi connectivity index (χ2n) is 3.37. The lowest BCUT2D eigenvalue weighted by atomic mass is 10.2. The van der Waals surface area contributed by atoms with Crippen LogP contribution in [0.4, 0.5) is 0 Å². The molecule has 0 saturated carbocycles. The van der Waals surface area contributed by atoms with E-state index in [2.05, 4.69) is 10.3 Å². The van der Waals surface area contributed by atoms with E-state index < -0.39 is 5.97 Å². The Morgan fingerprint density at radius 1 is 1.53 bits per heavy atom. The Kier molecular flexibility index (Phi) is 3.20. The third kappa shape index (κ3) is 2.18. The van der Waals surface area contributed by atoms with Crippen molar-refractivity contribution < 1.29 is 19.4 Å². The molecule has 0 amide bonds. The quantitative estimate of drug-likeness (QED) is 0.790. The SMILES string of the molecule is O=C(O)c1nnn(CCCO)c1-c1ccco1. The molecule has 2 aromatic rings. The van der Waals surface area contributed by atoms with Gasteiger partial charge in [0.1, 0.15) is 5.69 Å². The summed E-state index contributed by atoms with van der Waals surface area (Å²) >= 11 is 0. The lowest BCUT2D eigenvalue weighted by molar-refractivity contribution is 0.0691. The number of carboxylic acid groups (broad SMARTS) is 1. The van der Waals surface area contributed by atoms with E-state index in [1.807, 2.05) is 0 Å². The van der Waals surface area contributed by atoms with E-state index in [1.54, 1.807) is 12.1 Å². The smallest absolute Gasteiger partial charge is 0.358 e. The van der Waals surface area contributed by atoms with E-state index in [0.29, 0.717) is 24.4 Å². The lowest BCUT2D eigenvalue weighted by Crippen LogP contribution is -2.05. The number of rotatable bonds is 5. The maximum Gasteiger partial charge on any atom is 0.358 e. The summed E-state index contributed by atoms with van der Waals surface area (Å²) in [5.74, 6) is -0.767. The minimum absolute atomic E-state index is 0.000139. The summed E-state index contributed by atoms with van der Waals surface area (Å²) < 4.78 is 6.58. The molecule has 0 spiro atoms. The van der Waals surface area contributed by atoms with Gasteiger partial charge in [-0.2, -0.15) is 0 Å².